The lowest BCUT2D eigenvalue weighted by atomic mass is 10.1. The van der Waals surface area contributed by atoms with Gasteiger partial charge in [0.15, 0.2) is 5.82 Å². The van der Waals surface area contributed by atoms with E-state index in [9.17, 15) is 9.59 Å². The molecule has 0 N–H and O–H groups in total. The second kappa shape index (κ2) is 11.3. The lowest BCUT2D eigenvalue weighted by Gasteiger charge is -2.36. The van der Waals surface area contributed by atoms with E-state index >= 15 is 0 Å². The molecule has 0 saturated carbocycles. The highest BCUT2D eigenvalue weighted by molar-refractivity contribution is 6.76. The zero-order chi connectivity index (χ0) is 27.5. The molecule has 0 unspecified atom stereocenters. The summed E-state index contributed by atoms with van der Waals surface area (Å²) in [6.07, 6.45) is -0.286. The number of carbonyl (C=O) groups excluding carboxylic acids is 2. The van der Waals surface area contributed by atoms with E-state index in [-0.39, 0.29) is 18.6 Å². The number of ketones is 1. The SMILES string of the molecule is CC(C)(C)OC(=O)N1CCN(c2cccc3c2nc(C(=O)c2ccccc2)n3COCC[Si](C)(C)C)CC1. The van der Waals surface area contributed by atoms with Gasteiger partial charge in [0.05, 0.1) is 11.2 Å². The Labute approximate surface area is 226 Å². The predicted octanol–water partition coefficient (Wildman–Crippen LogP) is 5.64. The van der Waals surface area contributed by atoms with E-state index in [1.54, 1.807) is 4.90 Å². The molecule has 1 fully saturated rings. The van der Waals surface area contributed by atoms with Crippen LogP contribution in [0.5, 0.6) is 0 Å². The number of piperazine rings is 1. The molecule has 0 atom stereocenters. The van der Waals surface area contributed by atoms with Crippen molar-refractivity contribution in [2.24, 2.45) is 0 Å². The second-order valence-corrected chi connectivity index (χ2v) is 17.6. The number of carbonyl (C=O) groups is 2. The molecule has 1 aliphatic rings. The molecule has 0 radical (unpaired) electrons. The van der Waals surface area contributed by atoms with Crippen LogP contribution in [0.4, 0.5) is 10.5 Å². The summed E-state index contributed by atoms with van der Waals surface area (Å²) < 4.78 is 13.5. The number of anilines is 1. The second-order valence-electron chi connectivity index (χ2n) is 12.0. The van der Waals surface area contributed by atoms with Gasteiger partial charge in [-0.3, -0.25) is 9.36 Å². The molecule has 2 heterocycles. The lowest BCUT2D eigenvalue weighted by Crippen LogP contribution is -2.50. The Kier molecular flexibility index (Phi) is 8.27. The third-order valence-corrected chi connectivity index (χ3v) is 8.19. The minimum atomic E-state index is -1.24. The number of hydrogen-bond acceptors (Lipinski definition) is 6. The number of rotatable bonds is 8. The molecular weight excluding hydrogens is 496 g/mol. The summed E-state index contributed by atoms with van der Waals surface area (Å²) in [5, 5.41) is 0. The van der Waals surface area contributed by atoms with Gasteiger partial charge in [0, 0.05) is 46.4 Å². The summed E-state index contributed by atoms with van der Waals surface area (Å²) in [6.45, 7) is 15.9. The fourth-order valence-electron chi connectivity index (χ4n) is 4.40. The van der Waals surface area contributed by atoms with Gasteiger partial charge in [0.25, 0.3) is 0 Å². The molecule has 3 aromatic rings. The maximum absolute atomic E-state index is 13.5. The zero-order valence-corrected chi connectivity index (χ0v) is 24.5. The summed E-state index contributed by atoms with van der Waals surface area (Å²) in [4.78, 5) is 34.9. The first kappa shape index (κ1) is 27.9. The number of nitrogens with zero attached hydrogens (tertiary/aromatic N) is 4. The molecule has 2 aromatic carbocycles. The van der Waals surface area contributed by atoms with Crippen LogP contribution in [0.3, 0.4) is 0 Å². The Morgan fingerprint density at radius 3 is 2.26 bits per heavy atom. The third kappa shape index (κ3) is 6.82. The largest absolute Gasteiger partial charge is 0.444 e. The van der Waals surface area contributed by atoms with Crippen molar-refractivity contribution in [1.29, 1.82) is 0 Å². The Morgan fingerprint density at radius 1 is 0.947 bits per heavy atom. The highest BCUT2D eigenvalue weighted by atomic mass is 28.3. The van der Waals surface area contributed by atoms with E-state index < -0.39 is 13.7 Å². The van der Waals surface area contributed by atoms with Crippen LogP contribution in [-0.2, 0) is 16.2 Å². The molecule has 4 rings (SSSR count). The van der Waals surface area contributed by atoms with Gasteiger partial charge in [-0.25, -0.2) is 9.78 Å². The summed E-state index contributed by atoms with van der Waals surface area (Å²) in [5.74, 6) is 0.246. The molecule has 8 nitrogen and oxygen atoms in total. The quantitative estimate of drug-likeness (QED) is 0.211. The molecule has 1 aliphatic heterocycles. The van der Waals surface area contributed by atoms with E-state index in [0.717, 1.165) is 22.8 Å². The normalized spacial score (nSPS) is 14.7. The number of para-hydroxylation sites is 1. The number of ether oxygens (including phenoxy) is 2. The third-order valence-electron chi connectivity index (χ3n) is 6.49. The number of hydrogen-bond donors (Lipinski definition) is 0. The van der Waals surface area contributed by atoms with Gasteiger partial charge >= 0.3 is 6.09 Å². The van der Waals surface area contributed by atoms with Crippen LogP contribution in [-0.4, -0.2) is 72.8 Å². The monoisotopic (exact) mass is 536 g/mol. The number of fused-ring (bicyclic) bond motifs is 1. The maximum atomic E-state index is 13.5. The summed E-state index contributed by atoms with van der Waals surface area (Å²) in [6, 6.07) is 16.3. The first-order chi connectivity index (χ1) is 17.9. The minimum absolute atomic E-state index is 0.128. The van der Waals surface area contributed by atoms with Gasteiger partial charge in [-0.2, -0.15) is 0 Å². The van der Waals surface area contributed by atoms with Gasteiger partial charge in [-0.15, -0.1) is 0 Å². The molecular formula is C29H40N4O4Si. The molecule has 0 spiro atoms. The van der Waals surface area contributed by atoms with Crippen molar-refractivity contribution in [2.45, 2.75) is 58.8 Å². The van der Waals surface area contributed by atoms with Gasteiger partial charge < -0.3 is 19.3 Å². The van der Waals surface area contributed by atoms with Crippen LogP contribution >= 0.6 is 0 Å². The van der Waals surface area contributed by atoms with Crippen molar-refractivity contribution >= 4 is 36.7 Å². The lowest BCUT2D eigenvalue weighted by molar-refractivity contribution is 0.0240. The first-order valence-corrected chi connectivity index (χ1v) is 17.0. The molecule has 0 bridgehead atoms. The summed E-state index contributed by atoms with van der Waals surface area (Å²) in [5.41, 5.74) is 2.66. The number of benzene rings is 2. The highest BCUT2D eigenvalue weighted by Gasteiger charge is 2.28. The standard InChI is InChI=1S/C29H40N4O4Si/c1-29(2,3)37-28(35)32-17-15-31(16-18-32)23-13-10-14-24-25(23)30-27(26(34)22-11-8-7-9-12-22)33(24)21-36-19-20-38(4,5)6/h7-14H,15-21H2,1-6H3. The van der Waals surface area contributed by atoms with Crippen LogP contribution < -0.4 is 4.90 Å². The Morgan fingerprint density at radius 2 is 1.63 bits per heavy atom. The molecule has 9 heteroatoms. The van der Waals surface area contributed by atoms with Gasteiger partial charge in [0.2, 0.25) is 5.78 Å². The number of imidazole rings is 1. The minimum Gasteiger partial charge on any atom is -0.444 e. The summed E-state index contributed by atoms with van der Waals surface area (Å²) >= 11 is 0. The summed E-state index contributed by atoms with van der Waals surface area (Å²) in [7, 11) is -1.24. The number of aromatic nitrogens is 2. The molecule has 1 saturated heterocycles. The Hall–Kier alpha value is -3.17. The van der Waals surface area contributed by atoms with Crippen LogP contribution in [0.25, 0.3) is 11.0 Å². The predicted molar refractivity (Wildman–Crippen MR) is 154 cm³/mol. The van der Waals surface area contributed by atoms with Gasteiger partial charge in [-0.1, -0.05) is 56.0 Å². The Balaban J connectivity index is 1.61. The van der Waals surface area contributed by atoms with Crippen molar-refractivity contribution in [3.05, 3.63) is 59.9 Å². The van der Waals surface area contributed by atoms with E-state index in [2.05, 4.69) is 24.5 Å². The fraction of sp³-hybridized carbons (Fsp3) is 0.483. The van der Waals surface area contributed by atoms with Crippen molar-refractivity contribution in [1.82, 2.24) is 14.5 Å². The van der Waals surface area contributed by atoms with E-state index in [4.69, 9.17) is 14.5 Å². The van der Waals surface area contributed by atoms with Crippen molar-refractivity contribution in [3.8, 4) is 0 Å². The van der Waals surface area contributed by atoms with Crippen molar-refractivity contribution < 1.29 is 19.1 Å². The smallest absolute Gasteiger partial charge is 0.410 e. The van der Waals surface area contributed by atoms with E-state index in [1.165, 1.54) is 0 Å². The fourth-order valence-corrected chi connectivity index (χ4v) is 5.16. The average molecular weight is 537 g/mol. The number of amides is 1. The van der Waals surface area contributed by atoms with Crippen molar-refractivity contribution in [2.75, 3.05) is 37.7 Å². The first-order valence-electron chi connectivity index (χ1n) is 13.3. The molecule has 1 aromatic heterocycles. The van der Waals surface area contributed by atoms with Gasteiger partial charge in [-0.05, 0) is 38.9 Å². The van der Waals surface area contributed by atoms with Crippen LogP contribution in [0.2, 0.25) is 25.7 Å². The molecule has 0 aliphatic carbocycles. The highest BCUT2D eigenvalue weighted by Crippen LogP contribution is 2.29. The van der Waals surface area contributed by atoms with E-state index in [1.807, 2.05) is 73.9 Å². The topological polar surface area (TPSA) is 76.9 Å². The Bertz CT molecular complexity index is 1270. The van der Waals surface area contributed by atoms with Crippen LogP contribution in [0, 0.1) is 0 Å². The van der Waals surface area contributed by atoms with E-state index in [0.29, 0.717) is 44.2 Å². The van der Waals surface area contributed by atoms with Crippen LogP contribution in [0.15, 0.2) is 48.5 Å². The van der Waals surface area contributed by atoms with Gasteiger partial charge in [0.1, 0.15) is 17.8 Å². The molecule has 38 heavy (non-hydrogen) atoms. The zero-order valence-electron chi connectivity index (χ0n) is 23.5. The van der Waals surface area contributed by atoms with Crippen LogP contribution in [0.1, 0.15) is 37.0 Å². The molecule has 1 amide bonds. The van der Waals surface area contributed by atoms with Crippen molar-refractivity contribution in [3.63, 3.8) is 0 Å². The molecule has 204 valence electrons. The average Bonchev–Trinajstić information content (AvgIpc) is 3.24. The maximum Gasteiger partial charge on any atom is 0.410 e.